The molecular formula is C39H56Zr. The summed E-state index contributed by atoms with van der Waals surface area (Å²) < 4.78 is 0. The Hall–Kier alpha value is -1.46. The average molecular weight is 616 g/mol. The number of hydrogen-bond donors (Lipinski definition) is 0. The topological polar surface area (TPSA) is 0 Å². The van der Waals surface area contributed by atoms with Crippen LogP contribution in [0.1, 0.15) is 151 Å². The average Bonchev–Trinajstić information content (AvgIpc) is 3.41. The second-order valence-corrected chi connectivity index (χ2v) is 13.2. The summed E-state index contributed by atoms with van der Waals surface area (Å²) in [6.07, 6.45) is 2.13. The van der Waals surface area contributed by atoms with Crippen LogP contribution in [0.15, 0.2) is 36.4 Å². The zero-order valence-corrected chi connectivity index (χ0v) is 30.6. The van der Waals surface area contributed by atoms with Gasteiger partial charge in [-0.1, -0.05) is 123 Å². The fraction of sp³-hybridized carbons (Fsp3) is 0.487. The molecule has 0 amide bonds. The number of benzene rings is 2. The van der Waals surface area contributed by atoms with Gasteiger partial charge in [-0.3, -0.25) is 0 Å². The molecule has 0 aromatic heterocycles. The Morgan fingerprint density at radius 3 is 1.15 bits per heavy atom. The minimum atomic E-state index is -0.0911. The van der Waals surface area contributed by atoms with Crippen LogP contribution >= 0.6 is 0 Å². The molecule has 0 radical (unpaired) electrons. The van der Waals surface area contributed by atoms with E-state index in [1.807, 2.05) is 0 Å². The Morgan fingerprint density at radius 2 is 0.900 bits per heavy atom. The maximum absolute atomic E-state index is 2.52. The van der Waals surface area contributed by atoms with Crippen molar-refractivity contribution in [3.05, 3.63) is 95.8 Å². The molecule has 0 N–H and O–H groups in total. The summed E-state index contributed by atoms with van der Waals surface area (Å²) in [6, 6.07) is 15.0. The first-order valence-corrected chi connectivity index (χ1v) is 14.9. The molecule has 4 aromatic rings. The first kappa shape index (κ1) is 36.6. The van der Waals surface area contributed by atoms with Gasteiger partial charge in [0.25, 0.3) is 0 Å². The van der Waals surface area contributed by atoms with Crippen LogP contribution in [0.5, 0.6) is 0 Å². The van der Waals surface area contributed by atoms with Crippen molar-refractivity contribution >= 4 is 21.5 Å². The van der Waals surface area contributed by atoms with Crippen LogP contribution in [0.2, 0.25) is 0 Å². The monoisotopic (exact) mass is 614 g/mol. The number of aryl methyl sites for hydroxylation is 2. The maximum Gasteiger partial charge on any atom is 4.00 e. The van der Waals surface area contributed by atoms with Gasteiger partial charge in [0.1, 0.15) is 0 Å². The van der Waals surface area contributed by atoms with Crippen molar-refractivity contribution < 1.29 is 26.2 Å². The Balaban J connectivity index is 0.00000267. The molecule has 4 rings (SSSR count). The van der Waals surface area contributed by atoms with E-state index in [0.29, 0.717) is 23.7 Å². The smallest absolute Gasteiger partial charge is 0.358 e. The SMILES string of the molecule is CCc1[cH-]c2cc(C(C)C)cc(C(C)C)c2c1C(C)(C)c1c(CC)[cH-]c2cc(C(C)C)cc(C(C)C)c12.[CH3-].[CH3-].[Zr+4]. The zero-order chi connectivity index (χ0) is 27.4. The largest absolute Gasteiger partial charge is 4.00 e. The maximum atomic E-state index is 2.52. The molecule has 40 heavy (non-hydrogen) atoms. The van der Waals surface area contributed by atoms with Gasteiger partial charge in [-0.15, -0.1) is 68.1 Å². The third-order valence-electron chi connectivity index (χ3n) is 8.83. The van der Waals surface area contributed by atoms with Crippen LogP contribution in [0.25, 0.3) is 21.5 Å². The van der Waals surface area contributed by atoms with Crippen LogP contribution in [-0.2, 0) is 44.5 Å². The molecular weight excluding hydrogens is 560 g/mol. The Bertz CT molecular complexity index is 1310. The van der Waals surface area contributed by atoms with Crippen LogP contribution in [0, 0.1) is 14.9 Å². The molecule has 0 nitrogen and oxygen atoms in total. The van der Waals surface area contributed by atoms with Crippen LogP contribution in [0.3, 0.4) is 0 Å². The summed E-state index contributed by atoms with van der Waals surface area (Å²) in [5.74, 6) is 2.05. The van der Waals surface area contributed by atoms with E-state index in [2.05, 4.69) is 119 Å². The van der Waals surface area contributed by atoms with Crippen molar-refractivity contribution in [1.82, 2.24) is 0 Å². The van der Waals surface area contributed by atoms with Gasteiger partial charge in [0, 0.05) is 0 Å². The molecule has 1 heteroatoms. The third kappa shape index (κ3) is 6.16. The van der Waals surface area contributed by atoms with E-state index in [-0.39, 0.29) is 46.5 Å². The van der Waals surface area contributed by atoms with Crippen molar-refractivity contribution in [2.24, 2.45) is 0 Å². The molecule has 0 aliphatic rings. The minimum absolute atomic E-state index is 0. The van der Waals surface area contributed by atoms with E-state index >= 15 is 0 Å². The van der Waals surface area contributed by atoms with E-state index in [4.69, 9.17) is 0 Å². The third-order valence-corrected chi connectivity index (χ3v) is 8.83. The van der Waals surface area contributed by atoms with Crippen LogP contribution < -0.4 is 0 Å². The second kappa shape index (κ2) is 13.7. The molecule has 0 heterocycles. The molecule has 0 bridgehead atoms. The molecule has 0 fully saturated rings. The number of hydrogen-bond acceptors (Lipinski definition) is 0. The minimum Gasteiger partial charge on any atom is -0.358 e. The second-order valence-electron chi connectivity index (χ2n) is 13.2. The Labute approximate surface area is 267 Å². The summed E-state index contributed by atoms with van der Waals surface area (Å²) in [6.45, 7) is 28.5. The molecule has 0 atom stereocenters. The van der Waals surface area contributed by atoms with Crippen LogP contribution in [-0.4, -0.2) is 0 Å². The van der Waals surface area contributed by atoms with Crippen molar-refractivity contribution in [3.8, 4) is 0 Å². The molecule has 0 aliphatic heterocycles. The molecule has 0 saturated heterocycles. The number of rotatable bonds is 8. The van der Waals surface area contributed by atoms with Crippen molar-refractivity contribution in [2.45, 2.75) is 125 Å². The van der Waals surface area contributed by atoms with Gasteiger partial charge < -0.3 is 14.9 Å². The number of fused-ring (bicyclic) bond motifs is 2. The predicted molar refractivity (Wildman–Crippen MR) is 179 cm³/mol. The predicted octanol–water partition coefficient (Wildman–Crippen LogP) is 12.3. The summed E-state index contributed by atoms with van der Waals surface area (Å²) in [4.78, 5) is 0. The molecule has 4 aromatic carbocycles. The van der Waals surface area contributed by atoms with E-state index < -0.39 is 0 Å². The van der Waals surface area contributed by atoms with Gasteiger partial charge in [0.2, 0.25) is 0 Å². The van der Waals surface area contributed by atoms with E-state index in [1.165, 1.54) is 54.9 Å². The first-order valence-electron chi connectivity index (χ1n) is 14.9. The Morgan fingerprint density at radius 1 is 0.575 bits per heavy atom. The van der Waals surface area contributed by atoms with Crippen LogP contribution in [0.4, 0.5) is 0 Å². The zero-order valence-electron chi connectivity index (χ0n) is 28.2. The van der Waals surface area contributed by atoms with E-state index in [0.717, 1.165) is 12.8 Å². The first-order chi connectivity index (χ1) is 17.3. The molecule has 0 aliphatic carbocycles. The summed E-state index contributed by atoms with van der Waals surface area (Å²) in [7, 11) is 0. The van der Waals surface area contributed by atoms with Crippen molar-refractivity contribution in [1.29, 1.82) is 0 Å². The molecule has 0 saturated carbocycles. The Kier molecular flexibility index (Phi) is 12.5. The van der Waals surface area contributed by atoms with Crippen molar-refractivity contribution in [3.63, 3.8) is 0 Å². The van der Waals surface area contributed by atoms with Gasteiger partial charge >= 0.3 is 26.2 Å². The van der Waals surface area contributed by atoms with Gasteiger partial charge in [-0.05, 0) is 36.5 Å². The summed E-state index contributed by atoms with van der Waals surface area (Å²) in [5.41, 5.74) is 12.0. The summed E-state index contributed by atoms with van der Waals surface area (Å²) >= 11 is 0. The van der Waals surface area contributed by atoms with E-state index in [9.17, 15) is 0 Å². The van der Waals surface area contributed by atoms with E-state index in [1.54, 1.807) is 11.1 Å². The fourth-order valence-corrected chi connectivity index (χ4v) is 6.76. The fourth-order valence-electron chi connectivity index (χ4n) is 6.76. The van der Waals surface area contributed by atoms with Gasteiger partial charge in [-0.2, -0.15) is 0 Å². The standard InChI is InChI=1S/C37H50.2CH3.Zr/c1-13-25-15-29-17-27(21(3)4)19-31(23(7)8)33(29)35(25)37(11,12)36-26(14-2)16-30-18-28(22(5)6)20-32(24(9)10)34(30)36;;;/h15-24H,13-14H2,1-12H3;2*1H3;/q-2;2*-1;+4. The van der Waals surface area contributed by atoms with Gasteiger partial charge in [-0.25, -0.2) is 0 Å². The molecule has 0 spiro atoms. The molecule has 0 unspecified atom stereocenters. The van der Waals surface area contributed by atoms with Gasteiger partial charge in [0.15, 0.2) is 0 Å². The summed E-state index contributed by atoms with van der Waals surface area (Å²) in [5, 5.41) is 5.91. The normalized spacial score (nSPS) is 12.0. The quantitative estimate of drug-likeness (QED) is 0.173. The molecule has 216 valence electrons. The van der Waals surface area contributed by atoms with Gasteiger partial charge in [0.05, 0.1) is 0 Å². The van der Waals surface area contributed by atoms with Crippen molar-refractivity contribution in [2.75, 3.05) is 0 Å².